The number of benzene rings is 1. The molecular formula is C12H15BrO6. The molecule has 106 valence electrons. The van der Waals surface area contributed by atoms with E-state index in [2.05, 4.69) is 15.9 Å². The number of carbonyl (C=O) groups is 1. The molecule has 7 heteroatoms. The predicted octanol–water partition coefficient (Wildman–Crippen LogP) is 1.54. The molecule has 0 aliphatic rings. The van der Waals surface area contributed by atoms with Crippen molar-refractivity contribution in [3.8, 4) is 11.5 Å². The minimum Gasteiger partial charge on any atom is -0.493 e. The molecule has 0 aromatic heterocycles. The number of aliphatic hydroxyl groups is 1. The number of ether oxygens (including phenoxy) is 3. The van der Waals surface area contributed by atoms with Crippen LogP contribution in [-0.4, -0.2) is 49.7 Å². The molecule has 0 aliphatic carbocycles. The molecule has 0 heterocycles. The summed E-state index contributed by atoms with van der Waals surface area (Å²) in [6, 6.07) is 2.76. The highest BCUT2D eigenvalue weighted by Gasteiger charge is 2.16. The Balaban J connectivity index is 2.91. The first-order chi connectivity index (χ1) is 8.99. The van der Waals surface area contributed by atoms with Gasteiger partial charge in [-0.05, 0) is 28.1 Å². The summed E-state index contributed by atoms with van der Waals surface area (Å²) >= 11 is 3.21. The van der Waals surface area contributed by atoms with Crippen LogP contribution in [0, 0.1) is 0 Å². The van der Waals surface area contributed by atoms with Crippen LogP contribution >= 0.6 is 15.9 Å². The third-order valence-electron chi connectivity index (χ3n) is 2.26. The van der Waals surface area contributed by atoms with Gasteiger partial charge in [0, 0.05) is 7.11 Å². The first kappa shape index (κ1) is 15.7. The van der Waals surface area contributed by atoms with Crippen LogP contribution in [0.2, 0.25) is 0 Å². The molecule has 1 aromatic rings. The smallest absolute Gasteiger partial charge is 0.335 e. The van der Waals surface area contributed by atoms with Gasteiger partial charge in [0.05, 0.1) is 23.8 Å². The summed E-state index contributed by atoms with van der Waals surface area (Å²) in [5.74, 6) is -0.455. The van der Waals surface area contributed by atoms with Crippen molar-refractivity contribution in [1.82, 2.24) is 0 Å². The second-order valence-electron chi connectivity index (χ2n) is 3.71. The van der Waals surface area contributed by atoms with Gasteiger partial charge in [-0.25, -0.2) is 4.79 Å². The van der Waals surface area contributed by atoms with Gasteiger partial charge >= 0.3 is 5.97 Å². The zero-order chi connectivity index (χ0) is 14.4. The van der Waals surface area contributed by atoms with Gasteiger partial charge in [0.25, 0.3) is 0 Å². The predicted molar refractivity (Wildman–Crippen MR) is 71.0 cm³/mol. The Morgan fingerprint density at radius 3 is 2.58 bits per heavy atom. The fourth-order valence-electron chi connectivity index (χ4n) is 1.40. The molecule has 1 rings (SSSR count). The summed E-state index contributed by atoms with van der Waals surface area (Å²) in [5.41, 5.74) is 0.0773. The first-order valence-corrected chi connectivity index (χ1v) is 6.19. The van der Waals surface area contributed by atoms with Gasteiger partial charge in [0.15, 0.2) is 11.5 Å². The first-order valence-electron chi connectivity index (χ1n) is 5.40. The molecule has 0 fully saturated rings. The van der Waals surface area contributed by atoms with E-state index in [9.17, 15) is 9.90 Å². The van der Waals surface area contributed by atoms with Crippen LogP contribution in [0.1, 0.15) is 10.4 Å². The Labute approximate surface area is 119 Å². The fraction of sp³-hybridized carbons (Fsp3) is 0.417. The van der Waals surface area contributed by atoms with E-state index < -0.39 is 12.1 Å². The van der Waals surface area contributed by atoms with Gasteiger partial charge in [-0.15, -0.1) is 0 Å². The molecule has 1 aromatic carbocycles. The van der Waals surface area contributed by atoms with Crippen LogP contribution in [0.15, 0.2) is 16.6 Å². The topological polar surface area (TPSA) is 85.2 Å². The lowest BCUT2D eigenvalue weighted by atomic mass is 10.2. The number of aromatic carboxylic acids is 1. The lowest BCUT2D eigenvalue weighted by Gasteiger charge is -2.15. The molecule has 1 atom stereocenters. The van der Waals surface area contributed by atoms with Crippen molar-refractivity contribution in [2.45, 2.75) is 6.10 Å². The highest BCUT2D eigenvalue weighted by molar-refractivity contribution is 9.10. The van der Waals surface area contributed by atoms with Crippen LogP contribution in [0.3, 0.4) is 0 Å². The van der Waals surface area contributed by atoms with Crippen molar-refractivity contribution in [1.29, 1.82) is 0 Å². The Bertz CT molecular complexity index is 448. The molecule has 0 spiro atoms. The van der Waals surface area contributed by atoms with Gasteiger partial charge < -0.3 is 24.4 Å². The summed E-state index contributed by atoms with van der Waals surface area (Å²) < 4.78 is 15.7. The van der Waals surface area contributed by atoms with Gasteiger partial charge in [-0.3, -0.25) is 0 Å². The Kier molecular flexibility index (Phi) is 6.07. The maximum atomic E-state index is 10.9. The van der Waals surface area contributed by atoms with Crippen molar-refractivity contribution in [2.24, 2.45) is 0 Å². The molecule has 1 unspecified atom stereocenters. The summed E-state index contributed by atoms with van der Waals surface area (Å²) in [7, 11) is 2.88. The molecule has 6 nitrogen and oxygen atoms in total. The van der Waals surface area contributed by atoms with Gasteiger partial charge in [0.2, 0.25) is 0 Å². The van der Waals surface area contributed by atoms with Crippen LogP contribution in [0.25, 0.3) is 0 Å². The van der Waals surface area contributed by atoms with E-state index in [4.69, 9.17) is 19.3 Å². The number of carboxylic acids is 1. The Hall–Kier alpha value is -1.31. The molecule has 0 amide bonds. The Morgan fingerprint density at radius 2 is 2.05 bits per heavy atom. The number of hydrogen-bond donors (Lipinski definition) is 2. The molecule has 0 saturated carbocycles. The molecule has 0 radical (unpaired) electrons. The molecule has 2 N–H and O–H groups in total. The van der Waals surface area contributed by atoms with Crippen molar-refractivity contribution in [3.63, 3.8) is 0 Å². The summed E-state index contributed by atoms with van der Waals surface area (Å²) in [5, 5.41) is 18.4. The van der Waals surface area contributed by atoms with E-state index in [-0.39, 0.29) is 24.5 Å². The van der Waals surface area contributed by atoms with E-state index in [0.717, 1.165) is 0 Å². The monoisotopic (exact) mass is 334 g/mol. The average Bonchev–Trinajstić information content (AvgIpc) is 2.36. The standard InChI is InChI=1S/C12H15BrO6/c1-17-5-8(14)6-19-11-9(13)3-7(12(15)16)4-10(11)18-2/h3-4,8,14H,5-6H2,1-2H3,(H,15,16). The van der Waals surface area contributed by atoms with Crippen molar-refractivity contribution < 1.29 is 29.2 Å². The number of aliphatic hydroxyl groups excluding tert-OH is 1. The van der Waals surface area contributed by atoms with Crippen molar-refractivity contribution in [3.05, 3.63) is 22.2 Å². The molecule has 0 saturated heterocycles. The van der Waals surface area contributed by atoms with Crippen LogP contribution in [0.5, 0.6) is 11.5 Å². The van der Waals surface area contributed by atoms with E-state index in [0.29, 0.717) is 10.2 Å². The number of methoxy groups -OCH3 is 2. The zero-order valence-corrected chi connectivity index (χ0v) is 12.1. The van der Waals surface area contributed by atoms with Crippen molar-refractivity contribution >= 4 is 21.9 Å². The van der Waals surface area contributed by atoms with Gasteiger partial charge in [-0.1, -0.05) is 0 Å². The quantitative estimate of drug-likeness (QED) is 0.786. The SMILES string of the molecule is COCC(O)COc1c(Br)cc(C(=O)O)cc1OC. The highest BCUT2D eigenvalue weighted by Crippen LogP contribution is 2.36. The number of carboxylic acid groups (broad SMARTS) is 1. The third-order valence-corrected chi connectivity index (χ3v) is 2.84. The lowest BCUT2D eigenvalue weighted by Crippen LogP contribution is -2.22. The molecule has 19 heavy (non-hydrogen) atoms. The minimum absolute atomic E-state index is 0.00914. The lowest BCUT2D eigenvalue weighted by molar-refractivity contribution is 0.0317. The van der Waals surface area contributed by atoms with Gasteiger partial charge in [0.1, 0.15) is 12.7 Å². The maximum absolute atomic E-state index is 10.9. The highest BCUT2D eigenvalue weighted by atomic mass is 79.9. The zero-order valence-electron chi connectivity index (χ0n) is 10.6. The molecule has 0 aliphatic heterocycles. The van der Waals surface area contributed by atoms with E-state index in [1.54, 1.807) is 0 Å². The maximum Gasteiger partial charge on any atom is 0.335 e. The van der Waals surface area contributed by atoms with E-state index >= 15 is 0 Å². The summed E-state index contributed by atoms with van der Waals surface area (Å²) in [6.45, 7) is 0.155. The number of rotatable bonds is 7. The second kappa shape index (κ2) is 7.32. The van der Waals surface area contributed by atoms with Crippen molar-refractivity contribution in [2.75, 3.05) is 27.4 Å². The Morgan fingerprint density at radius 1 is 1.37 bits per heavy atom. The number of halogens is 1. The molecule has 0 bridgehead atoms. The third kappa shape index (κ3) is 4.38. The van der Waals surface area contributed by atoms with Crippen LogP contribution < -0.4 is 9.47 Å². The largest absolute Gasteiger partial charge is 0.493 e. The second-order valence-corrected chi connectivity index (χ2v) is 4.57. The summed E-state index contributed by atoms with van der Waals surface area (Å²) in [6.07, 6.45) is -0.777. The van der Waals surface area contributed by atoms with E-state index in [1.165, 1.54) is 26.4 Å². The van der Waals surface area contributed by atoms with Gasteiger partial charge in [-0.2, -0.15) is 0 Å². The fourth-order valence-corrected chi connectivity index (χ4v) is 1.96. The average molecular weight is 335 g/mol. The minimum atomic E-state index is -1.06. The van der Waals surface area contributed by atoms with E-state index in [1.807, 2.05) is 0 Å². The van der Waals surface area contributed by atoms with Crippen LogP contribution in [-0.2, 0) is 4.74 Å². The van der Waals surface area contributed by atoms with Crippen LogP contribution in [0.4, 0.5) is 0 Å². The summed E-state index contributed by atoms with van der Waals surface area (Å²) in [4.78, 5) is 10.9. The number of hydrogen-bond acceptors (Lipinski definition) is 5. The normalized spacial score (nSPS) is 12.0. The molecular weight excluding hydrogens is 320 g/mol.